The van der Waals surface area contributed by atoms with Crippen LogP contribution in [0.5, 0.6) is 0 Å². The van der Waals surface area contributed by atoms with Crippen molar-refractivity contribution in [2.75, 3.05) is 7.11 Å². The van der Waals surface area contributed by atoms with E-state index >= 15 is 0 Å². The number of rotatable bonds is 5. The largest absolute Gasteiger partial charge is 0.469 e. The Hall–Kier alpha value is -2.99. The number of likely N-dealkylation sites (tertiary alicyclic amines) is 1. The van der Waals surface area contributed by atoms with Gasteiger partial charge in [0.1, 0.15) is 0 Å². The van der Waals surface area contributed by atoms with Crippen LogP contribution in [0.1, 0.15) is 23.6 Å². The summed E-state index contributed by atoms with van der Waals surface area (Å²) in [5.74, 6) is -1.90. The first-order chi connectivity index (χ1) is 13.6. The second-order valence-corrected chi connectivity index (χ2v) is 7.24. The van der Waals surface area contributed by atoms with Crippen molar-refractivity contribution in [2.24, 2.45) is 11.8 Å². The van der Waals surface area contributed by atoms with Crippen LogP contribution in [-0.4, -0.2) is 35.8 Å². The molecule has 0 spiro atoms. The lowest BCUT2D eigenvalue weighted by Crippen LogP contribution is -2.40. The molecule has 4 atom stereocenters. The first kappa shape index (κ1) is 18.4. The van der Waals surface area contributed by atoms with E-state index in [2.05, 4.69) is 5.32 Å². The predicted molar refractivity (Wildman–Crippen MR) is 102 cm³/mol. The summed E-state index contributed by atoms with van der Waals surface area (Å²) >= 11 is 0. The second kappa shape index (κ2) is 7.56. The molecule has 1 N–H and O–H groups in total. The molecule has 6 nitrogen and oxygen atoms in total. The molecule has 0 bridgehead atoms. The van der Waals surface area contributed by atoms with Crippen LogP contribution in [0.4, 0.5) is 0 Å². The van der Waals surface area contributed by atoms with Crippen LogP contribution < -0.4 is 5.32 Å². The van der Waals surface area contributed by atoms with E-state index in [1.54, 1.807) is 0 Å². The molecule has 6 heteroatoms. The van der Waals surface area contributed by atoms with E-state index in [1.165, 1.54) is 12.0 Å². The maximum absolute atomic E-state index is 13.2. The number of esters is 1. The lowest BCUT2D eigenvalue weighted by Gasteiger charge is -2.22. The van der Waals surface area contributed by atoms with Crippen molar-refractivity contribution >= 4 is 17.8 Å². The number of amides is 2. The SMILES string of the molecule is COC(=O)C[C@@H]1N[C@@H](c2ccccc2)[C@H]2C(=O)N(Cc3ccccc3)C(=O)[C@H]21. The summed E-state index contributed by atoms with van der Waals surface area (Å²) < 4.78 is 4.80. The Morgan fingerprint density at radius 1 is 0.964 bits per heavy atom. The lowest BCUT2D eigenvalue weighted by atomic mass is 9.86. The smallest absolute Gasteiger partial charge is 0.307 e. The summed E-state index contributed by atoms with van der Waals surface area (Å²) in [5.41, 5.74) is 1.84. The van der Waals surface area contributed by atoms with Gasteiger partial charge in [-0.2, -0.15) is 0 Å². The van der Waals surface area contributed by atoms with Gasteiger partial charge in [-0.05, 0) is 11.1 Å². The summed E-state index contributed by atoms with van der Waals surface area (Å²) in [6, 6.07) is 18.3. The van der Waals surface area contributed by atoms with Gasteiger partial charge in [0, 0.05) is 12.1 Å². The molecule has 2 heterocycles. The van der Waals surface area contributed by atoms with Crippen LogP contribution in [0, 0.1) is 11.8 Å². The zero-order valence-corrected chi connectivity index (χ0v) is 15.6. The Kier molecular flexibility index (Phi) is 4.96. The van der Waals surface area contributed by atoms with Crippen molar-refractivity contribution in [3.63, 3.8) is 0 Å². The zero-order chi connectivity index (χ0) is 19.7. The number of nitrogens with one attached hydrogen (secondary N) is 1. The van der Waals surface area contributed by atoms with Crippen molar-refractivity contribution < 1.29 is 19.1 Å². The minimum Gasteiger partial charge on any atom is -0.469 e. The summed E-state index contributed by atoms with van der Waals surface area (Å²) in [6.45, 7) is 0.248. The molecular formula is C22H22N2O4. The quantitative estimate of drug-likeness (QED) is 0.637. The van der Waals surface area contributed by atoms with Crippen molar-refractivity contribution in [3.8, 4) is 0 Å². The van der Waals surface area contributed by atoms with Crippen LogP contribution >= 0.6 is 0 Å². The lowest BCUT2D eigenvalue weighted by molar-refractivity contribution is -0.142. The molecule has 2 aromatic rings. The van der Waals surface area contributed by atoms with Gasteiger partial charge in [0.15, 0.2) is 0 Å². The number of ether oxygens (including phenoxy) is 1. The maximum Gasteiger partial charge on any atom is 0.307 e. The van der Waals surface area contributed by atoms with Crippen molar-refractivity contribution in [3.05, 3.63) is 71.8 Å². The van der Waals surface area contributed by atoms with Gasteiger partial charge in [-0.15, -0.1) is 0 Å². The van der Waals surface area contributed by atoms with E-state index in [9.17, 15) is 14.4 Å². The minimum atomic E-state index is -0.569. The highest BCUT2D eigenvalue weighted by molar-refractivity contribution is 6.06. The molecule has 2 aliphatic rings. The number of benzene rings is 2. The van der Waals surface area contributed by atoms with E-state index in [4.69, 9.17) is 4.74 Å². The maximum atomic E-state index is 13.2. The Balaban J connectivity index is 1.66. The molecule has 0 unspecified atom stereocenters. The number of hydrogen-bond donors (Lipinski definition) is 1. The first-order valence-electron chi connectivity index (χ1n) is 9.37. The third kappa shape index (κ3) is 3.20. The van der Waals surface area contributed by atoms with E-state index in [0.29, 0.717) is 0 Å². The number of fused-ring (bicyclic) bond motifs is 1. The molecule has 2 aromatic carbocycles. The number of methoxy groups -OCH3 is 1. The van der Waals surface area contributed by atoms with E-state index in [-0.39, 0.29) is 30.8 Å². The van der Waals surface area contributed by atoms with E-state index in [1.807, 2.05) is 60.7 Å². The molecule has 0 aromatic heterocycles. The highest BCUT2D eigenvalue weighted by atomic mass is 16.5. The van der Waals surface area contributed by atoms with Gasteiger partial charge >= 0.3 is 5.97 Å². The van der Waals surface area contributed by atoms with Gasteiger partial charge in [-0.3, -0.25) is 19.3 Å². The van der Waals surface area contributed by atoms with Crippen LogP contribution in [0.15, 0.2) is 60.7 Å². The second-order valence-electron chi connectivity index (χ2n) is 7.24. The van der Waals surface area contributed by atoms with E-state index in [0.717, 1.165) is 11.1 Å². The number of imide groups is 1. The third-order valence-electron chi connectivity index (χ3n) is 5.63. The van der Waals surface area contributed by atoms with Gasteiger partial charge in [0.05, 0.1) is 31.9 Å². The molecule has 0 radical (unpaired) electrons. The predicted octanol–water partition coefficient (Wildman–Crippen LogP) is 2.06. The Morgan fingerprint density at radius 2 is 1.57 bits per heavy atom. The zero-order valence-electron chi connectivity index (χ0n) is 15.6. The fraction of sp³-hybridized carbons (Fsp3) is 0.318. The van der Waals surface area contributed by atoms with E-state index < -0.39 is 23.8 Å². The minimum absolute atomic E-state index is 0.0548. The van der Waals surface area contributed by atoms with Crippen LogP contribution in [0.2, 0.25) is 0 Å². The fourth-order valence-corrected chi connectivity index (χ4v) is 4.32. The third-order valence-corrected chi connectivity index (χ3v) is 5.63. The molecule has 28 heavy (non-hydrogen) atoms. The molecular weight excluding hydrogens is 356 g/mol. The Bertz CT molecular complexity index is 884. The molecule has 144 valence electrons. The van der Waals surface area contributed by atoms with Crippen molar-refractivity contribution in [1.29, 1.82) is 0 Å². The summed E-state index contributed by atoms with van der Waals surface area (Å²) in [4.78, 5) is 39.6. The Labute approximate surface area is 163 Å². The normalized spacial score (nSPS) is 26.4. The summed E-state index contributed by atoms with van der Waals surface area (Å²) in [7, 11) is 1.33. The number of nitrogens with zero attached hydrogens (tertiary/aromatic N) is 1. The topological polar surface area (TPSA) is 75.7 Å². The molecule has 2 amide bonds. The molecule has 4 rings (SSSR count). The van der Waals surface area contributed by atoms with Crippen molar-refractivity contribution in [2.45, 2.75) is 25.0 Å². The monoisotopic (exact) mass is 378 g/mol. The highest BCUT2D eigenvalue weighted by Crippen LogP contribution is 2.45. The van der Waals surface area contributed by atoms with Gasteiger partial charge in [0.2, 0.25) is 11.8 Å². The standard InChI is InChI=1S/C22H22N2O4/c1-28-17(25)12-16-18-19(20(23-16)15-10-6-3-7-11-15)22(27)24(21(18)26)13-14-8-4-2-5-9-14/h2-11,16,18-20,23H,12-13H2,1H3/t16-,18-,19-,20-/m0/s1. The molecule has 2 aliphatic heterocycles. The van der Waals surface area contributed by atoms with Crippen LogP contribution in [0.3, 0.4) is 0 Å². The summed E-state index contributed by atoms with van der Waals surface area (Å²) in [6.07, 6.45) is 0.0548. The van der Waals surface area contributed by atoms with Gasteiger partial charge < -0.3 is 10.1 Å². The van der Waals surface area contributed by atoms with Gasteiger partial charge in [-0.25, -0.2) is 0 Å². The molecule has 0 aliphatic carbocycles. The van der Waals surface area contributed by atoms with Gasteiger partial charge in [-0.1, -0.05) is 60.7 Å². The summed E-state index contributed by atoms with van der Waals surface area (Å²) in [5, 5.41) is 3.35. The highest BCUT2D eigenvalue weighted by Gasteiger charge is 2.59. The van der Waals surface area contributed by atoms with Gasteiger partial charge in [0.25, 0.3) is 0 Å². The number of carbonyl (C=O) groups is 3. The van der Waals surface area contributed by atoms with Crippen molar-refractivity contribution in [1.82, 2.24) is 10.2 Å². The molecule has 2 fully saturated rings. The molecule has 2 saturated heterocycles. The average Bonchev–Trinajstić information content (AvgIpc) is 3.21. The fourth-order valence-electron chi connectivity index (χ4n) is 4.32. The number of carbonyl (C=O) groups excluding carboxylic acids is 3. The molecule has 0 saturated carbocycles. The number of hydrogen-bond acceptors (Lipinski definition) is 5. The average molecular weight is 378 g/mol. The van der Waals surface area contributed by atoms with Crippen LogP contribution in [0.25, 0.3) is 0 Å². The first-order valence-corrected chi connectivity index (χ1v) is 9.37. The van der Waals surface area contributed by atoms with Crippen LogP contribution in [-0.2, 0) is 25.7 Å². The Morgan fingerprint density at radius 3 is 2.21 bits per heavy atom.